The second-order valence-corrected chi connectivity index (χ2v) is 5.80. The smallest absolute Gasteiger partial charge is 0.123 e. The SMILES string of the molecule is COc1ccc(OC)c(C(CN)N2CCCCCC2C)c1. The molecule has 1 aliphatic rings. The number of ether oxygens (including phenoxy) is 2. The number of rotatable bonds is 5. The Bertz CT molecular complexity index is 450. The van der Waals surface area contributed by atoms with E-state index in [-0.39, 0.29) is 6.04 Å². The molecule has 1 aromatic rings. The van der Waals surface area contributed by atoms with E-state index in [2.05, 4.69) is 17.9 Å². The van der Waals surface area contributed by atoms with Gasteiger partial charge in [-0.05, 0) is 44.5 Å². The average Bonchev–Trinajstić information content (AvgIpc) is 2.73. The van der Waals surface area contributed by atoms with Gasteiger partial charge in [0.15, 0.2) is 0 Å². The zero-order valence-corrected chi connectivity index (χ0v) is 13.5. The van der Waals surface area contributed by atoms with Crippen LogP contribution < -0.4 is 15.2 Å². The number of nitrogens with two attached hydrogens (primary N) is 1. The third kappa shape index (κ3) is 3.69. The summed E-state index contributed by atoms with van der Waals surface area (Å²) in [5.41, 5.74) is 7.26. The van der Waals surface area contributed by atoms with Gasteiger partial charge in [-0.3, -0.25) is 4.90 Å². The lowest BCUT2D eigenvalue weighted by atomic mass is 10.0. The second kappa shape index (κ2) is 7.66. The van der Waals surface area contributed by atoms with Gasteiger partial charge in [0.05, 0.1) is 20.3 Å². The summed E-state index contributed by atoms with van der Waals surface area (Å²) in [6.07, 6.45) is 5.10. The molecule has 1 heterocycles. The first-order valence-electron chi connectivity index (χ1n) is 7.89. The van der Waals surface area contributed by atoms with E-state index in [0.717, 1.165) is 23.6 Å². The van der Waals surface area contributed by atoms with Gasteiger partial charge in [0.2, 0.25) is 0 Å². The Hall–Kier alpha value is -1.26. The molecular weight excluding hydrogens is 264 g/mol. The molecule has 2 rings (SSSR count). The van der Waals surface area contributed by atoms with Crippen LogP contribution in [-0.4, -0.2) is 38.3 Å². The molecule has 0 amide bonds. The summed E-state index contributed by atoms with van der Waals surface area (Å²) in [5, 5.41) is 0. The van der Waals surface area contributed by atoms with Crippen molar-refractivity contribution in [1.82, 2.24) is 4.90 Å². The fraction of sp³-hybridized carbons (Fsp3) is 0.647. The summed E-state index contributed by atoms with van der Waals surface area (Å²) >= 11 is 0. The highest BCUT2D eigenvalue weighted by Gasteiger charge is 2.27. The number of hydrogen-bond acceptors (Lipinski definition) is 4. The van der Waals surface area contributed by atoms with Crippen molar-refractivity contribution in [3.8, 4) is 11.5 Å². The van der Waals surface area contributed by atoms with Crippen LogP contribution in [0.3, 0.4) is 0 Å². The highest BCUT2D eigenvalue weighted by atomic mass is 16.5. The molecule has 4 nitrogen and oxygen atoms in total. The molecule has 0 radical (unpaired) electrons. The van der Waals surface area contributed by atoms with Gasteiger partial charge in [-0.2, -0.15) is 0 Å². The summed E-state index contributed by atoms with van der Waals surface area (Å²) < 4.78 is 10.9. The normalized spacial score (nSPS) is 21.6. The molecule has 0 bridgehead atoms. The van der Waals surface area contributed by atoms with Crippen LogP contribution in [0.2, 0.25) is 0 Å². The monoisotopic (exact) mass is 292 g/mol. The number of methoxy groups -OCH3 is 2. The van der Waals surface area contributed by atoms with Gasteiger partial charge in [0, 0.05) is 18.2 Å². The maximum Gasteiger partial charge on any atom is 0.123 e. The van der Waals surface area contributed by atoms with Crippen molar-refractivity contribution in [2.24, 2.45) is 5.73 Å². The Kier molecular flexibility index (Phi) is 5.88. The Morgan fingerprint density at radius 1 is 1.24 bits per heavy atom. The molecule has 2 atom stereocenters. The highest BCUT2D eigenvalue weighted by molar-refractivity contribution is 5.42. The van der Waals surface area contributed by atoms with Crippen molar-refractivity contribution in [2.75, 3.05) is 27.3 Å². The minimum atomic E-state index is 0.183. The summed E-state index contributed by atoms with van der Waals surface area (Å²) in [6, 6.07) is 6.70. The molecular formula is C17H28N2O2. The van der Waals surface area contributed by atoms with E-state index in [4.69, 9.17) is 15.2 Å². The predicted octanol–water partition coefficient (Wildman–Crippen LogP) is 2.97. The molecule has 0 aliphatic carbocycles. The summed E-state index contributed by atoms with van der Waals surface area (Å²) in [4.78, 5) is 2.53. The van der Waals surface area contributed by atoms with Gasteiger partial charge in [-0.15, -0.1) is 0 Å². The molecule has 1 saturated heterocycles. The lowest BCUT2D eigenvalue weighted by Crippen LogP contribution is -2.40. The lowest BCUT2D eigenvalue weighted by Gasteiger charge is -2.35. The molecule has 118 valence electrons. The fourth-order valence-electron chi connectivity index (χ4n) is 3.30. The molecule has 21 heavy (non-hydrogen) atoms. The zero-order chi connectivity index (χ0) is 15.2. The molecule has 1 aromatic carbocycles. The standard InChI is InChI=1S/C17H28N2O2/c1-13-7-5-4-6-10-19(13)16(12-18)15-11-14(20-2)8-9-17(15)21-3/h8-9,11,13,16H,4-7,10,12,18H2,1-3H3. The van der Waals surface area contributed by atoms with Gasteiger partial charge >= 0.3 is 0 Å². The first kappa shape index (κ1) is 16.1. The molecule has 2 N–H and O–H groups in total. The number of likely N-dealkylation sites (tertiary alicyclic amines) is 1. The van der Waals surface area contributed by atoms with Crippen LogP contribution in [-0.2, 0) is 0 Å². The average molecular weight is 292 g/mol. The molecule has 0 saturated carbocycles. The summed E-state index contributed by atoms with van der Waals surface area (Å²) in [5.74, 6) is 1.74. The largest absolute Gasteiger partial charge is 0.497 e. The van der Waals surface area contributed by atoms with Crippen LogP contribution in [0.1, 0.15) is 44.2 Å². The molecule has 0 spiro atoms. The quantitative estimate of drug-likeness (QED) is 0.906. The van der Waals surface area contributed by atoms with Crippen LogP contribution in [0.5, 0.6) is 11.5 Å². The van der Waals surface area contributed by atoms with Crippen LogP contribution in [0.4, 0.5) is 0 Å². The molecule has 1 fully saturated rings. The van der Waals surface area contributed by atoms with Crippen LogP contribution in [0.15, 0.2) is 18.2 Å². The first-order chi connectivity index (χ1) is 10.2. The van der Waals surface area contributed by atoms with Crippen LogP contribution in [0, 0.1) is 0 Å². The molecule has 2 unspecified atom stereocenters. The molecule has 4 heteroatoms. The number of benzene rings is 1. The molecule has 0 aromatic heterocycles. The van der Waals surface area contributed by atoms with Crippen molar-refractivity contribution in [3.05, 3.63) is 23.8 Å². The summed E-state index contributed by atoms with van der Waals surface area (Å²) in [6.45, 7) is 4.00. The first-order valence-corrected chi connectivity index (χ1v) is 7.89. The van der Waals surface area contributed by atoms with E-state index in [1.54, 1.807) is 14.2 Å². The van der Waals surface area contributed by atoms with E-state index in [9.17, 15) is 0 Å². The Morgan fingerprint density at radius 2 is 2.05 bits per heavy atom. The van der Waals surface area contributed by atoms with E-state index < -0.39 is 0 Å². The fourth-order valence-corrected chi connectivity index (χ4v) is 3.30. The maximum atomic E-state index is 6.13. The highest BCUT2D eigenvalue weighted by Crippen LogP contribution is 2.35. The van der Waals surface area contributed by atoms with E-state index in [0.29, 0.717) is 12.6 Å². The van der Waals surface area contributed by atoms with Crippen molar-refractivity contribution in [2.45, 2.75) is 44.7 Å². The Labute approximate surface area is 128 Å². The van der Waals surface area contributed by atoms with Gasteiger partial charge in [0.1, 0.15) is 11.5 Å². The minimum absolute atomic E-state index is 0.183. The Balaban J connectivity index is 2.34. The van der Waals surface area contributed by atoms with Crippen molar-refractivity contribution in [1.29, 1.82) is 0 Å². The zero-order valence-electron chi connectivity index (χ0n) is 13.5. The van der Waals surface area contributed by atoms with Crippen LogP contribution >= 0.6 is 0 Å². The van der Waals surface area contributed by atoms with E-state index in [1.807, 2.05) is 12.1 Å². The van der Waals surface area contributed by atoms with Crippen molar-refractivity contribution in [3.63, 3.8) is 0 Å². The van der Waals surface area contributed by atoms with E-state index >= 15 is 0 Å². The second-order valence-electron chi connectivity index (χ2n) is 5.80. The van der Waals surface area contributed by atoms with Gasteiger partial charge in [-0.25, -0.2) is 0 Å². The van der Waals surface area contributed by atoms with Crippen molar-refractivity contribution < 1.29 is 9.47 Å². The topological polar surface area (TPSA) is 47.7 Å². The summed E-state index contributed by atoms with van der Waals surface area (Å²) in [7, 11) is 3.41. The molecule has 1 aliphatic heterocycles. The minimum Gasteiger partial charge on any atom is -0.497 e. The maximum absolute atomic E-state index is 6.13. The van der Waals surface area contributed by atoms with Gasteiger partial charge in [-0.1, -0.05) is 12.8 Å². The lowest BCUT2D eigenvalue weighted by molar-refractivity contribution is 0.148. The number of nitrogens with zero attached hydrogens (tertiary/aromatic N) is 1. The van der Waals surface area contributed by atoms with E-state index in [1.165, 1.54) is 25.7 Å². The van der Waals surface area contributed by atoms with Crippen LogP contribution in [0.25, 0.3) is 0 Å². The van der Waals surface area contributed by atoms with Gasteiger partial charge in [0.25, 0.3) is 0 Å². The predicted molar refractivity (Wildman–Crippen MR) is 86.0 cm³/mol. The third-order valence-electron chi connectivity index (χ3n) is 4.52. The van der Waals surface area contributed by atoms with Gasteiger partial charge < -0.3 is 15.2 Å². The van der Waals surface area contributed by atoms with Crippen molar-refractivity contribution >= 4 is 0 Å². The Morgan fingerprint density at radius 3 is 2.71 bits per heavy atom. The number of hydrogen-bond donors (Lipinski definition) is 1. The third-order valence-corrected chi connectivity index (χ3v) is 4.52.